The molecule has 2 aromatic carbocycles. The third kappa shape index (κ3) is 2.36. The maximum atomic E-state index is 14.3. The molecule has 4 heteroatoms. The van der Waals surface area contributed by atoms with Gasteiger partial charge in [0, 0.05) is 23.7 Å². The second-order valence-electron chi connectivity index (χ2n) is 8.17. The molecule has 2 N–H and O–H groups in total. The van der Waals surface area contributed by atoms with E-state index in [1.54, 1.807) is 18.2 Å². The summed E-state index contributed by atoms with van der Waals surface area (Å²) in [5.74, 6) is -0.323. The largest absolute Gasteiger partial charge is 0.387 e. The van der Waals surface area contributed by atoms with E-state index in [9.17, 15) is 14.6 Å². The van der Waals surface area contributed by atoms with Gasteiger partial charge in [0.15, 0.2) is 0 Å². The van der Waals surface area contributed by atoms with Crippen LogP contribution in [-0.4, -0.2) is 33.2 Å². The van der Waals surface area contributed by atoms with Gasteiger partial charge in [-0.15, -0.1) is 0 Å². The topological polar surface area (TPSA) is 43.7 Å². The van der Waals surface area contributed by atoms with E-state index < -0.39 is 11.7 Å². The molecular formula is C22H24FNO2. The quantitative estimate of drug-likeness (QED) is 0.871. The fourth-order valence-electron chi connectivity index (χ4n) is 5.68. The van der Waals surface area contributed by atoms with Crippen LogP contribution in [-0.2, 0) is 12.0 Å². The van der Waals surface area contributed by atoms with E-state index >= 15 is 0 Å². The number of benzene rings is 2. The van der Waals surface area contributed by atoms with Gasteiger partial charge in [0.05, 0.1) is 11.7 Å². The van der Waals surface area contributed by atoms with Gasteiger partial charge in [-0.2, -0.15) is 0 Å². The highest BCUT2D eigenvalue weighted by molar-refractivity contribution is 5.37. The summed E-state index contributed by atoms with van der Waals surface area (Å²) in [6, 6.07) is 15.2. The van der Waals surface area contributed by atoms with Crippen LogP contribution in [0.4, 0.5) is 4.39 Å². The molecule has 4 unspecified atom stereocenters. The Kier molecular flexibility index (Phi) is 3.71. The van der Waals surface area contributed by atoms with Crippen LogP contribution in [0.3, 0.4) is 0 Å². The van der Waals surface area contributed by atoms with Crippen LogP contribution in [0.1, 0.15) is 48.5 Å². The van der Waals surface area contributed by atoms with Crippen molar-refractivity contribution < 1.29 is 14.6 Å². The predicted octanol–water partition coefficient (Wildman–Crippen LogP) is 3.30. The van der Waals surface area contributed by atoms with E-state index in [0.717, 1.165) is 24.8 Å². The van der Waals surface area contributed by atoms with E-state index in [2.05, 4.69) is 11.0 Å². The second kappa shape index (κ2) is 5.88. The van der Waals surface area contributed by atoms with Gasteiger partial charge in [-0.05, 0) is 49.3 Å². The summed E-state index contributed by atoms with van der Waals surface area (Å²) in [6.07, 6.45) is 3.44. The van der Waals surface area contributed by atoms with Crippen molar-refractivity contribution in [3.63, 3.8) is 0 Å². The summed E-state index contributed by atoms with van der Waals surface area (Å²) in [7, 11) is 0. The molecule has 2 saturated heterocycles. The van der Waals surface area contributed by atoms with Crippen LogP contribution in [0.2, 0.25) is 0 Å². The molecule has 136 valence electrons. The summed E-state index contributed by atoms with van der Waals surface area (Å²) in [6.45, 7) is 0. The van der Waals surface area contributed by atoms with Crippen molar-refractivity contribution in [2.75, 3.05) is 0 Å². The molecule has 2 fully saturated rings. The van der Waals surface area contributed by atoms with Gasteiger partial charge in [0.2, 0.25) is 0 Å². The zero-order valence-corrected chi connectivity index (χ0v) is 14.7. The fourth-order valence-corrected chi connectivity index (χ4v) is 5.68. The number of hydrogen-bond acceptors (Lipinski definition) is 3. The fraction of sp³-hybridized carbons (Fsp3) is 0.455. The monoisotopic (exact) mass is 353 g/mol. The molecule has 4 atom stereocenters. The second-order valence-corrected chi connectivity index (χ2v) is 8.17. The average Bonchev–Trinajstić information content (AvgIpc) is 3.10. The maximum absolute atomic E-state index is 14.3. The number of fused-ring (bicyclic) bond motifs is 3. The third-order valence-corrected chi connectivity index (χ3v) is 6.75. The van der Waals surface area contributed by atoms with Crippen LogP contribution in [0.5, 0.6) is 0 Å². The Morgan fingerprint density at radius 2 is 1.62 bits per heavy atom. The molecule has 0 aromatic heterocycles. The molecule has 2 aliphatic heterocycles. The number of halogens is 1. The summed E-state index contributed by atoms with van der Waals surface area (Å²) in [5.41, 5.74) is 1.57. The van der Waals surface area contributed by atoms with E-state index in [-0.39, 0.29) is 23.9 Å². The molecule has 1 aliphatic carbocycles. The predicted molar refractivity (Wildman–Crippen MR) is 97.1 cm³/mol. The zero-order chi connectivity index (χ0) is 17.9. The highest BCUT2D eigenvalue weighted by Crippen LogP contribution is 2.50. The van der Waals surface area contributed by atoms with Crippen molar-refractivity contribution in [3.05, 3.63) is 71.0 Å². The van der Waals surface area contributed by atoms with Crippen molar-refractivity contribution in [3.8, 4) is 0 Å². The first kappa shape index (κ1) is 16.4. The average molecular weight is 353 g/mol. The Bertz CT molecular complexity index is 824. The number of hydrogen-bond donors (Lipinski definition) is 2. The Balaban J connectivity index is 1.43. The minimum Gasteiger partial charge on any atom is -0.387 e. The highest BCUT2D eigenvalue weighted by Gasteiger charge is 2.53. The van der Waals surface area contributed by atoms with E-state index in [1.165, 1.54) is 11.6 Å². The molecule has 0 saturated carbocycles. The highest BCUT2D eigenvalue weighted by atomic mass is 19.1. The van der Waals surface area contributed by atoms with Gasteiger partial charge in [0.25, 0.3) is 0 Å². The number of rotatable bonds is 2. The Morgan fingerprint density at radius 1 is 0.962 bits per heavy atom. The molecule has 0 amide bonds. The van der Waals surface area contributed by atoms with Gasteiger partial charge < -0.3 is 10.2 Å². The SMILES string of the molecule is OC1c2ccccc2CC1N1C2CCC1CC(O)(c1ccccc1F)C2. The van der Waals surface area contributed by atoms with E-state index in [1.807, 2.05) is 18.2 Å². The van der Waals surface area contributed by atoms with Crippen molar-refractivity contribution in [1.29, 1.82) is 0 Å². The van der Waals surface area contributed by atoms with Gasteiger partial charge in [-0.1, -0.05) is 42.5 Å². The molecule has 2 aromatic rings. The molecular weight excluding hydrogens is 329 g/mol. The first-order valence-electron chi connectivity index (χ1n) is 9.57. The lowest BCUT2D eigenvalue weighted by atomic mass is 9.79. The molecule has 26 heavy (non-hydrogen) atoms. The number of aliphatic hydroxyl groups excluding tert-OH is 1. The summed E-state index contributed by atoms with van der Waals surface area (Å²) < 4.78 is 14.3. The number of piperidine rings is 1. The summed E-state index contributed by atoms with van der Waals surface area (Å²) in [4.78, 5) is 2.43. The van der Waals surface area contributed by atoms with Crippen molar-refractivity contribution >= 4 is 0 Å². The summed E-state index contributed by atoms with van der Waals surface area (Å²) in [5, 5.41) is 22.2. The Morgan fingerprint density at radius 3 is 2.31 bits per heavy atom. The van der Waals surface area contributed by atoms with Crippen molar-refractivity contribution in [1.82, 2.24) is 4.90 Å². The van der Waals surface area contributed by atoms with Crippen LogP contribution >= 0.6 is 0 Å². The van der Waals surface area contributed by atoms with Crippen LogP contribution in [0.25, 0.3) is 0 Å². The van der Waals surface area contributed by atoms with Crippen LogP contribution in [0.15, 0.2) is 48.5 Å². The Hall–Kier alpha value is -1.75. The minimum absolute atomic E-state index is 0.0649. The van der Waals surface area contributed by atoms with E-state index in [4.69, 9.17) is 0 Å². The molecule has 3 nitrogen and oxygen atoms in total. The number of nitrogens with zero attached hydrogens (tertiary/aromatic N) is 1. The lowest BCUT2D eigenvalue weighted by Crippen LogP contribution is -2.54. The molecule has 2 bridgehead atoms. The lowest BCUT2D eigenvalue weighted by molar-refractivity contribution is -0.0862. The van der Waals surface area contributed by atoms with Crippen molar-refractivity contribution in [2.24, 2.45) is 0 Å². The maximum Gasteiger partial charge on any atom is 0.129 e. The molecule has 3 aliphatic rings. The first-order valence-corrected chi connectivity index (χ1v) is 9.57. The van der Waals surface area contributed by atoms with Crippen LogP contribution in [0, 0.1) is 5.82 Å². The van der Waals surface area contributed by atoms with Gasteiger partial charge in [-0.25, -0.2) is 4.39 Å². The van der Waals surface area contributed by atoms with Crippen LogP contribution < -0.4 is 0 Å². The Labute approximate surface area is 153 Å². The van der Waals surface area contributed by atoms with E-state index in [0.29, 0.717) is 18.4 Å². The molecule has 2 heterocycles. The summed E-state index contributed by atoms with van der Waals surface area (Å²) >= 11 is 0. The smallest absolute Gasteiger partial charge is 0.129 e. The number of aliphatic hydroxyl groups is 2. The lowest BCUT2D eigenvalue weighted by Gasteiger charge is -2.47. The molecule has 5 rings (SSSR count). The molecule has 0 spiro atoms. The van der Waals surface area contributed by atoms with Gasteiger partial charge in [0.1, 0.15) is 5.82 Å². The normalized spacial score (nSPS) is 36.3. The first-order chi connectivity index (χ1) is 12.6. The molecule has 0 radical (unpaired) electrons. The standard InChI is InChI=1S/C22H24FNO2/c23-19-8-4-3-7-18(19)22(26)12-15-9-10-16(13-22)24(15)20-11-14-5-1-2-6-17(14)21(20)25/h1-8,15-16,20-21,25-26H,9-13H2. The van der Waals surface area contributed by atoms with Gasteiger partial charge in [-0.3, -0.25) is 4.90 Å². The third-order valence-electron chi connectivity index (χ3n) is 6.75. The van der Waals surface area contributed by atoms with Gasteiger partial charge >= 0.3 is 0 Å². The zero-order valence-electron chi connectivity index (χ0n) is 14.7. The van der Waals surface area contributed by atoms with Crippen molar-refractivity contribution in [2.45, 2.75) is 61.9 Å². The minimum atomic E-state index is -1.11.